The maximum absolute atomic E-state index is 11.3. The molecule has 0 saturated heterocycles. The molecule has 5 heteroatoms. The summed E-state index contributed by atoms with van der Waals surface area (Å²) in [5.74, 6) is 0.178. The number of nitrogens with zero attached hydrogens (tertiary/aromatic N) is 1. The molecule has 0 aliphatic heterocycles. The van der Waals surface area contributed by atoms with E-state index < -0.39 is 9.84 Å². The van der Waals surface area contributed by atoms with E-state index in [1.165, 1.54) is 6.26 Å². The fourth-order valence-corrected chi connectivity index (χ4v) is 3.60. The van der Waals surface area contributed by atoms with Gasteiger partial charge in [0.15, 0.2) is 0 Å². The first-order valence-electron chi connectivity index (χ1n) is 6.95. The Hall–Kier alpha value is -0.130. The lowest BCUT2D eigenvalue weighted by molar-refractivity contribution is 0.0618. The van der Waals surface area contributed by atoms with Crippen LogP contribution in [-0.2, 0) is 9.84 Å². The molecule has 0 fully saturated rings. The van der Waals surface area contributed by atoms with Gasteiger partial charge in [0.1, 0.15) is 9.84 Å². The molecule has 4 nitrogen and oxygen atoms in total. The zero-order valence-electron chi connectivity index (χ0n) is 12.6. The molecule has 0 aliphatic rings. The van der Waals surface area contributed by atoms with Crippen molar-refractivity contribution in [2.45, 2.75) is 58.5 Å². The maximum Gasteiger partial charge on any atom is 0.147 e. The first kappa shape index (κ1) is 17.9. The molecule has 1 atom stereocenters. The van der Waals surface area contributed by atoms with Crippen molar-refractivity contribution in [3.8, 4) is 0 Å². The molecule has 0 rings (SSSR count). The molecule has 0 aromatic rings. The molecule has 0 bridgehead atoms. The minimum Gasteiger partial charge on any atom is -0.326 e. The molecule has 0 heterocycles. The van der Waals surface area contributed by atoms with Gasteiger partial charge >= 0.3 is 0 Å². The van der Waals surface area contributed by atoms with Gasteiger partial charge in [-0.15, -0.1) is 0 Å². The topological polar surface area (TPSA) is 63.4 Å². The zero-order valence-corrected chi connectivity index (χ0v) is 13.4. The SMILES string of the molecule is CCN(CC)C(CC)(CC)C(N)CCS(C)(=O)=O. The molecule has 18 heavy (non-hydrogen) atoms. The van der Waals surface area contributed by atoms with Crippen molar-refractivity contribution in [3.05, 3.63) is 0 Å². The standard InChI is InChI=1S/C13H30N2O2S/c1-6-13(7-2,15(8-3)9-4)12(14)10-11-18(5,16)17/h12H,6-11,14H2,1-5H3. The van der Waals surface area contributed by atoms with Crippen LogP contribution in [0.4, 0.5) is 0 Å². The third-order valence-electron chi connectivity index (χ3n) is 4.11. The van der Waals surface area contributed by atoms with E-state index in [1.54, 1.807) is 0 Å². The van der Waals surface area contributed by atoms with Gasteiger partial charge in [0.2, 0.25) is 0 Å². The van der Waals surface area contributed by atoms with Crippen LogP contribution in [0.2, 0.25) is 0 Å². The average molecular weight is 278 g/mol. The van der Waals surface area contributed by atoms with E-state index in [0.29, 0.717) is 6.42 Å². The first-order chi connectivity index (χ1) is 8.27. The normalized spacial score (nSPS) is 15.1. The van der Waals surface area contributed by atoms with E-state index in [4.69, 9.17) is 5.73 Å². The van der Waals surface area contributed by atoms with Gasteiger partial charge < -0.3 is 5.73 Å². The summed E-state index contributed by atoms with van der Waals surface area (Å²) in [6, 6.07) is -0.0953. The van der Waals surface area contributed by atoms with Crippen molar-refractivity contribution in [1.82, 2.24) is 4.90 Å². The van der Waals surface area contributed by atoms with Crippen LogP contribution in [0.25, 0.3) is 0 Å². The second-order valence-electron chi connectivity index (χ2n) is 5.01. The van der Waals surface area contributed by atoms with E-state index in [9.17, 15) is 8.42 Å². The van der Waals surface area contributed by atoms with Crippen LogP contribution in [-0.4, -0.2) is 50.0 Å². The Morgan fingerprint density at radius 2 is 1.56 bits per heavy atom. The highest BCUT2D eigenvalue weighted by molar-refractivity contribution is 7.90. The predicted octanol–water partition coefficient (Wildman–Crippen LogP) is 1.65. The number of likely N-dealkylation sites (N-methyl/N-ethyl adjacent to an activating group) is 1. The fraction of sp³-hybridized carbons (Fsp3) is 1.00. The van der Waals surface area contributed by atoms with Crippen molar-refractivity contribution in [2.24, 2.45) is 5.73 Å². The minimum absolute atomic E-state index is 0.0752. The summed E-state index contributed by atoms with van der Waals surface area (Å²) in [4.78, 5) is 2.37. The molecular formula is C13H30N2O2S. The Morgan fingerprint density at radius 1 is 1.11 bits per heavy atom. The first-order valence-corrected chi connectivity index (χ1v) is 9.01. The van der Waals surface area contributed by atoms with Crippen molar-refractivity contribution >= 4 is 9.84 Å². The van der Waals surface area contributed by atoms with E-state index in [0.717, 1.165) is 25.9 Å². The maximum atomic E-state index is 11.3. The smallest absolute Gasteiger partial charge is 0.147 e. The van der Waals surface area contributed by atoms with Gasteiger partial charge in [-0.3, -0.25) is 4.90 Å². The van der Waals surface area contributed by atoms with E-state index in [2.05, 4.69) is 32.6 Å². The molecule has 0 aromatic heterocycles. The molecule has 0 amide bonds. The van der Waals surface area contributed by atoms with Crippen LogP contribution in [0, 0.1) is 0 Å². The van der Waals surface area contributed by atoms with Gasteiger partial charge in [0.05, 0.1) is 5.75 Å². The largest absolute Gasteiger partial charge is 0.326 e. The fourth-order valence-electron chi connectivity index (χ4n) is 2.92. The lowest BCUT2D eigenvalue weighted by Crippen LogP contribution is -2.59. The van der Waals surface area contributed by atoms with Gasteiger partial charge in [-0.25, -0.2) is 8.42 Å². The lowest BCUT2D eigenvalue weighted by atomic mass is 9.81. The third-order valence-corrected chi connectivity index (χ3v) is 5.08. The van der Waals surface area contributed by atoms with E-state index >= 15 is 0 Å². The molecule has 110 valence electrons. The van der Waals surface area contributed by atoms with Crippen LogP contribution in [0.5, 0.6) is 0 Å². The van der Waals surface area contributed by atoms with E-state index in [1.807, 2.05) is 0 Å². The average Bonchev–Trinajstić information content (AvgIpc) is 2.32. The van der Waals surface area contributed by atoms with Gasteiger partial charge in [0, 0.05) is 17.8 Å². The Morgan fingerprint density at radius 3 is 1.83 bits per heavy atom. The molecule has 1 unspecified atom stereocenters. The number of rotatable bonds is 9. The number of hydrogen-bond donors (Lipinski definition) is 1. The molecule has 0 aliphatic carbocycles. The molecule has 0 spiro atoms. The van der Waals surface area contributed by atoms with Crippen LogP contribution in [0.15, 0.2) is 0 Å². The molecule has 2 N–H and O–H groups in total. The molecule has 0 saturated carbocycles. The predicted molar refractivity (Wildman–Crippen MR) is 78.5 cm³/mol. The minimum atomic E-state index is -2.93. The van der Waals surface area contributed by atoms with Crippen molar-refractivity contribution < 1.29 is 8.42 Å². The molecule has 0 radical (unpaired) electrons. The third kappa shape index (κ3) is 4.52. The molecule has 0 aromatic carbocycles. The highest BCUT2D eigenvalue weighted by atomic mass is 32.2. The number of nitrogens with two attached hydrogens (primary N) is 1. The monoisotopic (exact) mass is 278 g/mol. The van der Waals surface area contributed by atoms with Crippen molar-refractivity contribution in [2.75, 3.05) is 25.1 Å². The van der Waals surface area contributed by atoms with Crippen molar-refractivity contribution in [3.63, 3.8) is 0 Å². The second kappa shape index (κ2) is 7.46. The lowest BCUT2D eigenvalue weighted by Gasteiger charge is -2.46. The van der Waals surface area contributed by atoms with Crippen LogP contribution >= 0.6 is 0 Å². The highest BCUT2D eigenvalue weighted by Crippen LogP contribution is 2.28. The van der Waals surface area contributed by atoms with Gasteiger partial charge in [-0.1, -0.05) is 27.7 Å². The Labute approximate surface area is 113 Å². The summed E-state index contributed by atoms with van der Waals surface area (Å²) in [7, 11) is -2.93. The van der Waals surface area contributed by atoms with Gasteiger partial charge in [0.25, 0.3) is 0 Å². The second-order valence-corrected chi connectivity index (χ2v) is 7.27. The summed E-state index contributed by atoms with van der Waals surface area (Å²) in [5, 5.41) is 0. The Balaban J connectivity index is 4.97. The van der Waals surface area contributed by atoms with E-state index in [-0.39, 0.29) is 17.3 Å². The molecular weight excluding hydrogens is 248 g/mol. The van der Waals surface area contributed by atoms with Crippen LogP contribution < -0.4 is 5.73 Å². The summed E-state index contributed by atoms with van der Waals surface area (Å²) in [6.07, 6.45) is 3.72. The number of hydrogen-bond acceptors (Lipinski definition) is 4. The highest BCUT2D eigenvalue weighted by Gasteiger charge is 2.37. The zero-order chi connectivity index (χ0) is 14.4. The summed E-state index contributed by atoms with van der Waals surface area (Å²) in [6.45, 7) is 10.4. The summed E-state index contributed by atoms with van der Waals surface area (Å²) >= 11 is 0. The summed E-state index contributed by atoms with van der Waals surface area (Å²) in [5.41, 5.74) is 6.25. The Kier molecular flexibility index (Phi) is 7.40. The Bertz CT molecular complexity index is 320. The van der Waals surface area contributed by atoms with Crippen molar-refractivity contribution in [1.29, 1.82) is 0 Å². The van der Waals surface area contributed by atoms with Crippen LogP contribution in [0.1, 0.15) is 47.0 Å². The van der Waals surface area contributed by atoms with Gasteiger partial charge in [-0.2, -0.15) is 0 Å². The van der Waals surface area contributed by atoms with Crippen LogP contribution in [0.3, 0.4) is 0 Å². The number of sulfone groups is 1. The quantitative estimate of drug-likeness (QED) is 0.696. The van der Waals surface area contributed by atoms with Gasteiger partial charge in [-0.05, 0) is 32.4 Å². The summed E-state index contributed by atoms with van der Waals surface area (Å²) < 4.78 is 22.6.